The van der Waals surface area contributed by atoms with Gasteiger partial charge in [0.2, 0.25) is 0 Å². The summed E-state index contributed by atoms with van der Waals surface area (Å²) >= 11 is 0. The summed E-state index contributed by atoms with van der Waals surface area (Å²) in [5.41, 5.74) is 20.6. The van der Waals surface area contributed by atoms with Gasteiger partial charge in [-0.2, -0.15) is 19.8 Å². The number of rotatable bonds is 10. The van der Waals surface area contributed by atoms with Gasteiger partial charge >= 0.3 is 0 Å². The summed E-state index contributed by atoms with van der Waals surface area (Å²) in [4.78, 5) is 52.1. The molecule has 8 aromatic carbocycles. The highest BCUT2D eigenvalue weighted by atomic mass is 16.9. The van der Waals surface area contributed by atoms with Crippen LogP contribution in [0.3, 0.4) is 0 Å². The first kappa shape index (κ1) is 53.6. The van der Waals surface area contributed by atoms with E-state index in [1.807, 2.05) is 40.5 Å². The van der Waals surface area contributed by atoms with E-state index in [0.717, 1.165) is 104 Å². The number of hydrogen-bond donors (Lipinski definition) is 0. The van der Waals surface area contributed by atoms with Crippen molar-refractivity contribution in [3.8, 4) is 0 Å². The molecule has 15 nitrogen and oxygen atoms in total. The lowest BCUT2D eigenvalue weighted by atomic mass is 10.2. The molecule has 0 bridgehead atoms. The maximum Gasteiger partial charge on any atom is 0.257 e. The maximum absolute atomic E-state index is 9.44. The van der Waals surface area contributed by atoms with Gasteiger partial charge in [0.05, 0.1) is 97.9 Å². The summed E-state index contributed by atoms with van der Waals surface area (Å²) in [7, 11) is 0. The minimum Gasteiger partial charge on any atom is -0.294 e. The van der Waals surface area contributed by atoms with Crippen molar-refractivity contribution in [3.63, 3.8) is 0 Å². The molecule has 15 heteroatoms. The van der Waals surface area contributed by atoms with Crippen LogP contribution < -0.4 is 40.5 Å². The van der Waals surface area contributed by atoms with Gasteiger partial charge in [0.1, 0.15) is 0 Å². The zero-order chi connectivity index (χ0) is 55.6. The predicted octanol–water partition coefficient (Wildman–Crippen LogP) is 10.8. The lowest BCUT2D eigenvalue weighted by Crippen LogP contribution is -2.33. The number of Topliss-reactive ketones (excluding diaryl/α,β-unsaturated/α-hetero) is 1. The minimum absolute atomic E-state index is 0.0347. The second-order valence-corrected chi connectivity index (χ2v) is 20.8. The Morgan fingerprint density at radius 3 is 0.500 bits per heavy atom. The van der Waals surface area contributed by atoms with Crippen LogP contribution in [0, 0.1) is 0 Å². The van der Waals surface area contributed by atoms with Gasteiger partial charge in [0.25, 0.3) is 5.78 Å². The number of benzene rings is 8. The van der Waals surface area contributed by atoms with E-state index in [1.54, 1.807) is 0 Å². The molecule has 0 radical (unpaired) electrons. The Morgan fingerprint density at radius 2 is 0.378 bits per heavy atom. The first-order chi connectivity index (χ1) is 40.5. The Balaban J connectivity index is 0.000000105. The normalized spacial score (nSPS) is 15.9. The average molecular weight is 1100 g/mol. The molecule has 82 heavy (non-hydrogen) atoms. The fraction of sp³-hybridized carbons (Fsp3) is 0.239. The highest BCUT2D eigenvalue weighted by Gasteiger charge is 2.30. The molecule has 8 heterocycles. The molecule has 0 spiro atoms. The number of ketones is 1. The summed E-state index contributed by atoms with van der Waals surface area (Å²) in [6.07, 6.45) is 8.42. The van der Waals surface area contributed by atoms with E-state index >= 15 is 0 Å². The lowest BCUT2D eigenvalue weighted by molar-refractivity contribution is -0.135. The minimum atomic E-state index is -1.02. The van der Waals surface area contributed by atoms with Gasteiger partial charge in [-0.3, -0.25) is 14.4 Å². The van der Waals surface area contributed by atoms with Crippen molar-refractivity contribution in [1.82, 2.24) is 0 Å². The highest BCUT2D eigenvalue weighted by Crippen LogP contribution is 2.37. The van der Waals surface area contributed by atoms with Crippen molar-refractivity contribution in [2.45, 2.75) is 51.4 Å². The number of carbonyl (C=O) groups excluding carboxylic acids is 3. The molecule has 0 fully saturated rings. The molecule has 8 aromatic rings. The van der Waals surface area contributed by atoms with Crippen LogP contribution in [0.5, 0.6) is 0 Å². The Kier molecular flexibility index (Phi) is 16.5. The SMILES string of the molecule is O=CC(=O)C=O.c1ccc2c(c1)CCN2ON1CCc2ccccc21.c1ccc2c(c1)CCN2ON1CCc2ccccc21.c1ccc2c(c1)CCN2ON1CCc2ccccc21.c1ccc2c(c1)CCN2ON1CCc2ccccc21. The molecule has 416 valence electrons. The zero-order valence-corrected chi connectivity index (χ0v) is 45.9. The number of hydroxylamine groups is 8. The maximum atomic E-state index is 9.44. The highest BCUT2D eigenvalue weighted by molar-refractivity contribution is 6.50. The number of nitrogens with zero attached hydrogens (tertiary/aromatic N) is 8. The topological polar surface area (TPSA) is 114 Å². The molecular formula is C67H66N8O7. The summed E-state index contributed by atoms with van der Waals surface area (Å²) in [5, 5.41) is 16.1. The molecular weight excluding hydrogens is 1030 g/mol. The van der Waals surface area contributed by atoms with E-state index in [4.69, 9.17) is 29.3 Å². The van der Waals surface area contributed by atoms with E-state index in [1.165, 1.54) is 90.0 Å². The molecule has 0 unspecified atom stereocenters. The Hall–Kier alpha value is -8.99. The first-order valence-corrected chi connectivity index (χ1v) is 28.5. The Bertz CT molecular complexity index is 2880. The largest absolute Gasteiger partial charge is 0.294 e. The number of para-hydroxylation sites is 8. The molecule has 0 saturated heterocycles. The fourth-order valence-electron chi connectivity index (χ4n) is 11.6. The quantitative estimate of drug-likeness (QED) is 0.0735. The lowest BCUT2D eigenvalue weighted by Gasteiger charge is -2.26. The summed E-state index contributed by atoms with van der Waals surface area (Å²) < 4.78 is 0. The average Bonchev–Trinajstić information content (AvgIpc) is 4.54. The summed E-state index contributed by atoms with van der Waals surface area (Å²) in [5.74, 6) is -1.02. The Morgan fingerprint density at radius 1 is 0.244 bits per heavy atom. The van der Waals surface area contributed by atoms with Crippen molar-refractivity contribution in [3.05, 3.63) is 239 Å². The number of aldehydes is 2. The van der Waals surface area contributed by atoms with Crippen LogP contribution in [-0.4, -0.2) is 70.7 Å². The zero-order valence-electron chi connectivity index (χ0n) is 45.9. The van der Waals surface area contributed by atoms with E-state index in [2.05, 4.69) is 194 Å². The second kappa shape index (κ2) is 25.2. The first-order valence-electron chi connectivity index (χ1n) is 28.5. The number of anilines is 8. The smallest absolute Gasteiger partial charge is 0.257 e. The predicted molar refractivity (Wildman–Crippen MR) is 321 cm³/mol. The monoisotopic (exact) mass is 1090 g/mol. The molecule has 0 N–H and O–H groups in total. The number of fused-ring (bicyclic) bond motifs is 8. The molecule has 8 aliphatic rings. The van der Waals surface area contributed by atoms with E-state index in [9.17, 15) is 4.79 Å². The molecule has 0 aromatic heterocycles. The van der Waals surface area contributed by atoms with Crippen LogP contribution in [0.25, 0.3) is 0 Å². The van der Waals surface area contributed by atoms with E-state index in [0.29, 0.717) is 0 Å². The third-order valence-electron chi connectivity index (χ3n) is 15.8. The molecule has 0 saturated carbocycles. The second-order valence-electron chi connectivity index (χ2n) is 20.8. The molecule has 16 rings (SSSR count). The van der Waals surface area contributed by atoms with Gasteiger partial charge in [-0.15, -0.1) is 0 Å². The van der Waals surface area contributed by atoms with E-state index < -0.39 is 5.78 Å². The third kappa shape index (κ3) is 11.9. The van der Waals surface area contributed by atoms with Gasteiger partial charge < -0.3 is 0 Å². The van der Waals surface area contributed by atoms with Crippen molar-refractivity contribution in [2.75, 3.05) is 92.9 Å². The van der Waals surface area contributed by atoms with Crippen molar-refractivity contribution in [2.24, 2.45) is 0 Å². The third-order valence-corrected chi connectivity index (χ3v) is 15.8. The van der Waals surface area contributed by atoms with Crippen molar-refractivity contribution >= 4 is 63.9 Å². The van der Waals surface area contributed by atoms with Crippen molar-refractivity contribution < 1.29 is 34.1 Å². The number of carbonyl (C=O) groups is 3. The van der Waals surface area contributed by atoms with Crippen LogP contribution in [-0.2, 0) is 85.5 Å². The van der Waals surface area contributed by atoms with Gasteiger partial charge in [-0.05, 0) is 144 Å². The van der Waals surface area contributed by atoms with Gasteiger partial charge in [-0.1, -0.05) is 146 Å². The fourth-order valence-corrected chi connectivity index (χ4v) is 11.6. The van der Waals surface area contributed by atoms with Crippen LogP contribution >= 0.6 is 0 Å². The van der Waals surface area contributed by atoms with E-state index in [-0.39, 0.29) is 12.6 Å². The Labute approximate surface area is 478 Å². The van der Waals surface area contributed by atoms with Crippen molar-refractivity contribution in [1.29, 1.82) is 0 Å². The number of hydrogen-bond acceptors (Lipinski definition) is 15. The van der Waals surface area contributed by atoms with Crippen LogP contribution in [0.4, 0.5) is 45.5 Å². The van der Waals surface area contributed by atoms with Gasteiger partial charge in [-0.25, -0.2) is 40.5 Å². The van der Waals surface area contributed by atoms with Crippen LogP contribution in [0.2, 0.25) is 0 Å². The van der Waals surface area contributed by atoms with Crippen LogP contribution in [0.15, 0.2) is 194 Å². The molecule has 0 atom stereocenters. The standard InChI is InChI=1S/4C16H16N2O.C3H2O3/c4*1-3-7-15-13(5-1)9-11-17(15)19-18-12-10-14-6-2-4-8-16(14)18;4-1-3(6)2-5/h4*1-8H,9-12H2;1-2H. The van der Waals surface area contributed by atoms with Gasteiger partial charge in [0, 0.05) is 0 Å². The summed E-state index contributed by atoms with van der Waals surface area (Å²) in [6, 6.07) is 67.7. The van der Waals surface area contributed by atoms with Gasteiger partial charge in [0.15, 0.2) is 12.6 Å². The summed E-state index contributed by atoms with van der Waals surface area (Å²) in [6.45, 7) is 7.43. The van der Waals surface area contributed by atoms with Crippen LogP contribution in [0.1, 0.15) is 44.5 Å². The molecule has 8 aliphatic heterocycles. The molecule has 0 aliphatic carbocycles. The molecule has 0 amide bonds.